The molecule has 3 rings (SSSR count). The third-order valence-electron chi connectivity index (χ3n) is 3.21. The fourth-order valence-electron chi connectivity index (χ4n) is 2.21. The SMILES string of the molecule is OCc1cccc(CNc2nc(Cl)nc3ccccc23)c1. The van der Waals surface area contributed by atoms with Crippen LogP contribution < -0.4 is 5.32 Å². The molecule has 4 nitrogen and oxygen atoms in total. The van der Waals surface area contributed by atoms with Crippen LogP contribution in [0.4, 0.5) is 5.82 Å². The van der Waals surface area contributed by atoms with Gasteiger partial charge in [-0.15, -0.1) is 0 Å². The molecule has 21 heavy (non-hydrogen) atoms. The van der Waals surface area contributed by atoms with E-state index in [0.717, 1.165) is 22.0 Å². The van der Waals surface area contributed by atoms with Crippen LogP contribution in [-0.4, -0.2) is 15.1 Å². The van der Waals surface area contributed by atoms with Crippen LogP contribution in [0.1, 0.15) is 11.1 Å². The maximum Gasteiger partial charge on any atom is 0.224 e. The molecule has 0 atom stereocenters. The minimum atomic E-state index is 0.0378. The van der Waals surface area contributed by atoms with Gasteiger partial charge in [0.1, 0.15) is 5.82 Å². The van der Waals surface area contributed by atoms with Crippen LogP contribution in [0.15, 0.2) is 48.5 Å². The first-order valence-electron chi connectivity index (χ1n) is 6.61. The van der Waals surface area contributed by atoms with E-state index in [0.29, 0.717) is 12.4 Å². The second-order valence-corrected chi connectivity index (χ2v) is 5.03. The van der Waals surface area contributed by atoms with Gasteiger partial charge in [0.25, 0.3) is 0 Å². The summed E-state index contributed by atoms with van der Waals surface area (Å²) in [5, 5.41) is 13.6. The Bertz CT molecular complexity index is 776. The molecule has 2 aromatic carbocycles. The third-order valence-corrected chi connectivity index (χ3v) is 3.38. The molecule has 3 aromatic rings. The van der Waals surface area contributed by atoms with Crippen LogP contribution >= 0.6 is 11.6 Å². The normalized spacial score (nSPS) is 10.8. The largest absolute Gasteiger partial charge is 0.392 e. The summed E-state index contributed by atoms with van der Waals surface area (Å²) in [5.74, 6) is 0.708. The molecule has 0 saturated heterocycles. The van der Waals surface area contributed by atoms with Crippen LogP contribution in [0, 0.1) is 0 Å². The molecule has 1 aromatic heterocycles. The number of halogens is 1. The number of aliphatic hydroxyl groups is 1. The van der Waals surface area contributed by atoms with Crippen molar-refractivity contribution >= 4 is 28.3 Å². The zero-order chi connectivity index (χ0) is 14.7. The molecular weight excluding hydrogens is 286 g/mol. The fraction of sp³-hybridized carbons (Fsp3) is 0.125. The van der Waals surface area contributed by atoms with Gasteiger partial charge in [0.05, 0.1) is 12.1 Å². The first-order chi connectivity index (χ1) is 10.3. The van der Waals surface area contributed by atoms with E-state index in [4.69, 9.17) is 16.7 Å². The number of nitrogens with zero attached hydrogens (tertiary/aromatic N) is 2. The lowest BCUT2D eigenvalue weighted by molar-refractivity contribution is 0.281. The first-order valence-corrected chi connectivity index (χ1v) is 6.99. The lowest BCUT2D eigenvalue weighted by Crippen LogP contribution is -2.03. The number of benzene rings is 2. The number of aromatic nitrogens is 2. The average molecular weight is 300 g/mol. The molecule has 0 bridgehead atoms. The number of fused-ring (bicyclic) bond motifs is 1. The van der Waals surface area contributed by atoms with Crippen LogP contribution in [0.2, 0.25) is 5.28 Å². The van der Waals surface area contributed by atoms with Crippen molar-refractivity contribution in [3.63, 3.8) is 0 Å². The zero-order valence-electron chi connectivity index (χ0n) is 11.3. The third kappa shape index (κ3) is 3.12. The van der Waals surface area contributed by atoms with Gasteiger partial charge in [-0.05, 0) is 34.9 Å². The highest BCUT2D eigenvalue weighted by molar-refractivity contribution is 6.28. The average Bonchev–Trinajstić information content (AvgIpc) is 2.52. The highest BCUT2D eigenvalue weighted by Gasteiger charge is 2.06. The minimum absolute atomic E-state index is 0.0378. The molecule has 106 valence electrons. The molecule has 0 aliphatic rings. The Morgan fingerprint density at radius 1 is 1.00 bits per heavy atom. The van der Waals surface area contributed by atoms with Crippen molar-refractivity contribution < 1.29 is 5.11 Å². The molecule has 0 aliphatic carbocycles. The van der Waals surface area contributed by atoms with Gasteiger partial charge in [0.15, 0.2) is 0 Å². The maximum absolute atomic E-state index is 9.17. The fourth-order valence-corrected chi connectivity index (χ4v) is 2.38. The number of para-hydroxylation sites is 1. The second kappa shape index (κ2) is 6.08. The molecule has 5 heteroatoms. The maximum atomic E-state index is 9.17. The molecule has 0 spiro atoms. The van der Waals surface area contributed by atoms with E-state index in [9.17, 15) is 0 Å². The molecule has 1 heterocycles. The quantitative estimate of drug-likeness (QED) is 0.725. The van der Waals surface area contributed by atoms with Gasteiger partial charge in [-0.1, -0.05) is 36.4 Å². The van der Waals surface area contributed by atoms with Gasteiger partial charge in [-0.2, -0.15) is 0 Å². The first kappa shape index (κ1) is 13.8. The highest BCUT2D eigenvalue weighted by atomic mass is 35.5. The Labute approximate surface area is 127 Å². The number of nitrogens with one attached hydrogen (secondary N) is 1. The number of aliphatic hydroxyl groups excluding tert-OH is 1. The van der Waals surface area contributed by atoms with E-state index in [1.807, 2.05) is 48.5 Å². The van der Waals surface area contributed by atoms with Crippen LogP contribution in [0.3, 0.4) is 0 Å². The zero-order valence-corrected chi connectivity index (χ0v) is 12.0. The van der Waals surface area contributed by atoms with Crippen LogP contribution in [0.25, 0.3) is 10.9 Å². The Kier molecular flexibility index (Phi) is 3.99. The van der Waals surface area contributed by atoms with Crippen molar-refractivity contribution in [2.45, 2.75) is 13.2 Å². The number of rotatable bonds is 4. The number of anilines is 1. The van der Waals surface area contributed by atoms with E-state index in [-0.39, 0.29) is 11.9 Å². The predicted octanol–water partition coefficient (Wildman–Crippen LogP) is 3.39. The lowest BCUT2D eigenvalue weighted by atomic mass is 10.1. The second-order valence-electron chi connectivity index (χ2n) is 4.69. The van der Waals surface area contributed by atoms with E-state index in [2.05, 4.69) is 15.3 Å². The van der Waals surface area contributed by atoms with Crippen molar-refractivity contribution in [1.82, 2.24) is 9.97 Å². The Morgan fingerprint density at radius 3 is 2.67 bits per heavy atom. The molecule has 0 unspecified atom stereocenters. The van der Waals surface area contributed by atoms with Crippen molar-refractivity contribution in [3.05, 3.63) is 64.9 Å². The van der Waals surface area contributed by atoms with E-state index in [1.165, 1.54) is 0 Å². The van der Waals surface area contributed by atoms with Crippen LogP contribution in [0.5, 0.6) is 0 Å². The van der Waals surface area contributed by atoms with E-state index in [1.54, 1.807) is 0 Å². The van der Waals surface area contributed by atoms with Crippen LogP contribution in [-0.2, 0) is 13.2 Å². The van der Waals surface area contributed by atoms with Crippen molar-refractivity contribution in [1.29, 1.82) is 0 Å². The van der Waals surface area contributed by atoms with E-state index < -0.39 is 0 Å². The molecule has 0 amide bonds. The number of hydrogen-bond acceptors (Lipinski definition) is 4. The van der Waals surface area contributed by atoms with Gasteiger partial charge in [-0.3, -0.25) is 0 Å². The van der Waals surface area contributed by atoms with Crippen molar-refractivity contribution in [2.24, 2.45) is 0 Å². The summed E-state index contributed by atoms with van der Waals surface area (Å²) in [4.78, 5) is 8.45. The minimum Gasteiger partial charge on any atom is -0.392 e. The van der Waals surface area contributed by atoms with Gasteiger partial charge < -0.3 is 10.4 Å². The topological polar surface area (TPSA) is 58.0 Å². The van der Waals surface area contributed by atoms with Crippen molar-refractivity contribution in [3.8, 4) is 0 Å². The summed E-state index contributed by atoms with van der Waals surface area (Å²) in [6.45, 7) is 0.640. The van der Waals surface area contributed by atoms with Gasteiger partial charge in [-0.25, -0.2) is 9.97 Å². The van der Waals surface area contributed by atoms with Gasteiger partial charge >= 0.3 is 0 Å². The summed E-state index contributed by atoms with van der Waals surface area (Å²) in [6, 6.07) is 15.5. The Balaban J connectivity index is 1.87. The Morgan fingerprint density at radius 2 is 1.81 bits per heavy atom. The summed E-state index contributed by atoms with van der Waals surface area (Å²) in [7, 11) is 0. The smallest absolute Gasteiger partial charge is 0.224 e. The standard InChI is InChI=1S/C16H14ClN3O/c17-16-19-14-7-2-1-6-13(14)15(20-16)18-9-11-4-3-5-12(8-11)10-21/h1-8,21H,9-10H2,(H,18,19,20). The molecule has 0 fully saturated rings. The molecule has 0 saturated carbocycles. The lowest BCUT2D eigenvalue weighted by Gasteiger charge is -2.09. The molecule has 0 radical (unpaired) electrons. The molecule has 2 N–H and O–H groups in total. The summed E-state index contributed by atoms with van der Waals surface area (Å²) >= 11 is 5.96. The van der Waals surface area contributed by atoms with Gasteiger partial charge in [0.2, 0.25) is 5.28 Å². The summed E-state index contributed by atoms with van der Waals surface area (Å²) in [6.07, 6.45) is 0. The number of hydrogen-bond donors (Lipinski definition) is 2. The monoisotopic (exact) mass is 299 g/mol. The summed E-state index contributed by atoms with van der Waals surface area (Å²) < 4.78 is 0. The summed E-state index contributed by atoms with van der Waals surface area (Å²) in [5.41, 5.74) is 2.77. The molecular formula is C16H14ClN3O. The predicted molar refractivity (Wildman–Crippen MR) is 84.2 cm³/mol. The van der Waals surface area contributed by atoms with E-state index >= 15 is 0 Å². The van der Waals surface area contributed by atoms with Gasteiger partial charge in [0, 0.05) is 11.9 Å². The molecule has 0 aliphatic heterocycles. The van der Waals surface area contributed by atoms with Crippen molar-refractivity contribution in [2.75, 3.05) is 5.32 Å². The highest BCUT2D eigenvalue weighted by Crippen LogP contribution is 2.22. The Hall–Kier alpha value is -2.17.